The van der Waals surface area contributed by atoms with Crippen LogP contribution in [0.4, 0.5) is 0 Å². The van der Waals surface area contributed by atoms with Gasteiger partial charge in [-0.2, -0.15) is 0 Å². The van der Waals surface area contributed by atoms with Crippen molar-refractivity contribution in [3.8, 4) is 0 Å². The van der Waals surface area contributed by atoms with Gasteiger partial charge in [0.15, 0.2) is 0 Å². The summed E-state index contributed by atoms with van der Waals surface area (Å²) in [5.74, 6) is -1.47. The first-order valence-corrected chi connectivity index (χ1v) is 11.4. The van der Waals surface area contributed by atoms with Crippen molar-refractivity contribution in [2.24, 2.45) is 11.8 Å². The molecule has 1 heterocycles. The van der Waals surface area contributed by atoms with Crippen molar-refractivity contribution >= 4 is 17.9 Å². The summed E-state index contributed by atoms with van der Waals surface area (Å²) in [4.78, 5) is 34.8. The average molecular weight is 461 g/mol. The van der Waals surface area contributed by atoms with E-state index < -0.39 is 24.3 Å². The molecule has 1 aliphatic heterocycles. The van der Waals surface area contributed by atoms with Gasteiger partial charge in [0.05, 0.1) is 12.2 Å². The molecule has 0 radical (unpaired) electrons. The Bertz CT molecular complexity index is 849. The molecule has 1 aliphatic carbocycles. The van der Waals surface area contributed by atoms with Gasteiger partial charge in [-0.25, -0.2) is 0 Å². The molecule has 0 N–H and O–H groups in total. The molecule has 0 spiro atoms. The van der Waals surface area contributed by atoms with E-state index in [2.05, 4.69) is 19.6 Å². The zero-order valence-corrected chi connectivity index (χ0v) is 20.3. The first kappa shape index (κ1) is 26.4. The molecule has 0 aromatic heterocycles. The third-order valence-electron chi connectivity index (χ3n) is 5.92. The predicted molar refractivity (Wildman–Crippen MR) is 124 cm³/mol. The number of fused-ring (bicyclic) bond motifs is 1. The largest absolute Gasteiger partial charge is 0.462 e. The topological polar surface area (TPSA) is 88.1 Å². The second-order valence-corrected chi connectivity index (χ2v) is 8.81. The first-order valence-electron chi connectivity index (χ1n) is 11.4. The standard InChI is InChI=1S/C26H36O7/c1-16-8-7-9-18(3)25-22(12-10-16)23(15-31-26(25)33-21(6)29)24(32-20(5)28)13-11-17(2)14-30-19(4)27/h8,11,15,22,24-26H,3,7,9-10,12-14H2,1-2,4-6H3/b16-8?,17-11+/t22-,24+,25+,26-/m1/s1. The molecule has 0 saturated carbocycles. The van der Waals surface area contributed by atoms with E-state index in [1.165, 1.54) is 26.3 Å². The number of allylic oxidation sites excluding steroid dienone is 2. The molecule has 33 heavy (non-hydrogen) atoms. The quantitative estimate of drug-likeness (QED) is 0.302. The molecule has 2 rings (SSSR count). The molecule has 4 atom stereocenters. The Balaban J connectivity index is 2.39. The van der Waals surface area contributed by atoms with Crippen LogP contribution in [-0.2, 0) is 33.3 Å². The van der Waals surface area contributed by atoms with Crippen LogP contribution in [0.1, 0.15) is 66.7 Å². The first-order chi connectivity index (χ1) is 15.6. The third kappa shape index (κ3) is 8.22. The van der Waals surface area contributed by atoms with Gasteiger partial charge in [0.2, 0.25) is 6.29 Å². The number of carbonyl (C=O) groups is 3. The molecule has 0 saturated heterocycles. The number of hydrogen-bond acceptors (Lipinski definition) is 7. The monoisotopic (exact) mass is 460 g/mol. The van der Waals surface area contributed by atoms with Crippen molar-refractivity contribution in [3.63, 3.8) is 0 Å². The predicted octanol–water partition coefficient (Wildman–Crippen LogP) is 4.93. The van der Waals surface area contributed by atoms with Crippen molar-refractivity contribution in [2.75, 3.05) is 6.61 Å². The van der Waals surface area contributed by atoms with E-state index in [1.807, 2.05) is 13.0 Å². The third-order valence-corrected chi connectivity index (χ3v) is 5.92. The maximum atomic E-state index is 11.9. The van der Waals surface area contributed by atoms with Crippen molar-refractivity contribution in [1.82, 2.24) is 0 Å². The lowest BCUT2D eigenvalue weighted by Crippen LogP contribution is -2.41. The summed E-state index contributed by atoms with van der Waals surface area (Å²) < 4.78 is 22.1. The zero-order valence-electron chi connectivity index (χ0n) is 20.3. The van der Waals surface area contributed by atoms with Crippen LogP contribution in [-0.4, -0.2) is 36.9 Å². The van der Waals surface area contributed by atoms with Gasteiger partial charge in [-0.3, -0.25) is 14.4 Å². The SMILES string of the molecule is C=C1CCC=C(C)CC[C@@H]2C([C@H](C/C=C(\C)COC(C)=O)OC(C)=O)=CO[C@H](OC(C)=O)[C@@H]12. The van der Waals surface area contributed by atoms with Crippen LogP contribution in [0.5, 0.6) is 0 Å². The van der Waals surface area contributed by atoms with Gasteiger partial charge >= 0.3 is 17.9 Å². The molecular formula is C26H36O7. The maximum absolute atomic E-state index is 11.9. The Morgan fingerprint density at radius 3 is 2.52 bits per heavy atom. The number of ether oxygens (including phenoxy) is 4. The Kier molecular flexibility index (Phi) is 9.95. The van der Waals surface area contributed by atoms with Crippen LogP contribution in [0, 0.1) is 11.8 Å². The van der Waals surface area contributed by atoms with Crippen molar-refractivity contribution in [1.29, 1.82) is 0 Å². The van der Waals surface area contributed by atoms with E-state index in [1.54, 1.807) is 6.26 Å². The normalized spacial score (nSPS) is 24.5. The van der Waals surface area contributed by atoms with Gasteiger partial charge < -0.3 is 18.9 Å². The molecule has 0 aromatic rings. The van der Waals surface area contributed by atoms with E-state index in [-0.39, 0.29) is 24.4 Å². The number of carbonyl (C=O) groups excluding carboxylic acids is 3. The molecule has 2 aliphatic rings. The van der Waals surface area contributed by atoms with E-state index in [0.717, 1.165) is 42.4 Å². The van der Waals surface area contributed by atoms with Gasteiger partial charge in [-0.15, -0.1) is 0 Å². The Hall–Kier alpha value is -2.83. The minimum absolute atomic E-state index is 0.0661. The minimum Gasteiger partial charge on any atom is -0.462 e. The number of esters is 3. The van der Waals surface area contributed by atoms with Gasteiger partial charge in [-0.05, 0) is 45.1 Å². The van der Waals surface area contributed by atoms with Crippen molar-refractivity contribution in [3.05, 3.63) is 47.3 Å². The fraction of sp³-hybridized carbons (Fsp3) is 0.577. The molecule has 0 amide bonds. The Morgan fingerprint density at radius 2 is 1.88 bits per heavy atom. The molecule has 7 heteroatoms. The van der Waals surface area contributed by atoms with E-state index in [4.69, 9.17) is 18.9 Å². The second-order valence-electron chi connectivity index (χ2n) is 8.81. The molecule has 0 fully saturated rings. The Labute approximate surface area is 196 Å². The van der Waals surface area contributed by atoms with E-state index >= 15 is 0 Å². The Morgan fingerprint density at radius 1 is 1.15 bits per heavy atom. The fourth-order valence-corrected chi connectivity index (χ4v) is 4.31. The summed E-state index contributed by atoms with van der Waals surface area (Å²) in [6.07, 6.45) is 8.07. The highest BCUT2D eigenvalue weighted by atomic mass is 16.7. The van der Waals surface area contributed by atoms with Crippen LogP contribution in [0.25, 0.3) is 0 Å². The van der Waals surface area contributed by atoms with Crippen LogP contribution in [0.2, 0.25) is 0 Å². The smallest absolute Gasteiger partial charge is 0.305 e. The molecule has 0 bridgehead atoms. The molecule has 182 valence electrons. The lowest BCUT2D eigenvalue weighted by Gasteiger charge is -2.40. The lowest BCUT2D eigenvalue weighted by atomic mass is 9.74. The highest BCUT2D eigenvalue weighted by Gasteiger charge is 2.42. The van der Waals surface area contributed by atoms with Crippen LogP contribution in [0.15, 0.2) is 47.3 Å². The lowest BCUT2D eigenvalue weighted by molar-refractivity contribution is -0.181. The van der Waals surface area contributed by atoms with Crippen LogP contribution >= 0.6 is 0 Å². The van der Waals surface area contributed by atoms with Gasteiger partial charge in [0.25, 0.3) is 0 Å². The summed E-state index contributed by atoms with van der Waals surface area (Å²) in [6.45, 7) is 12.5. The van der Waals surface area contributed by atoms with Gasteiger partial charge in [0.1, 0.15) is 12.7 Å². The van der Waals surface area contributed by atoms with Crippen molar-refractivity contribution in [2.45, 2.75) is 79.1 Å². The van der Waals surface area contributed by atoms with Crippen molar-refractivity contribution < 1.29 is 33.3 Å². The fourth-order valence-electron chi connectivity index (χ4n) is 4.31. The van der Waals surface area contributed by atoms with Crippen LogP contribution < -0.4 is 0 Å². The summed E-state index contributed by atoms with van der Waals surface area (Å²) >= 11 is 0. The number of rotatable bonds is 7. The summed E-state index contributed by atoms with van der Waals surface area (Å²) in [6, 6.07) is 0. The van der Waals surface area contributed by atoms with E-state index in [9.17, 15) is 14.4 Å². The molecule has 7 nitrogen and oxygen atoms in total. The van der Waals surface area contributed by atoms with Crippen LogP contribution in [0.3, 0.4) is 0 Å². The zero-order chi connectivity index (χ0) is 24.5. The molecule has 0 unspecified atom stereocenters. The summed E-state index contributed by atoms with van der Waals surface area (Å²) in [5, 5.41) is 0. The minimum atomic E-state index is -0.763. The number of hydrogen-bond donors (Lipinski definition) is 0. The summed E-state index contributed by atoms with van der Waals surface area (Å²) in [7, 11) is 0. The average Bonchev–Trinajstić information content (AvgIpc) is 2.79. The maximum Gasteiger partial charge on any atom is 0.305 e. The van der Waals surface area contributed by atoms with Gasteiger partial charge in [0, 0.05) is 38.7 Å². The highest BCUT2D eigenvalue weighted by molar-refractivity contribution is 5.67. The molecular weight excluding hydrogens is 424 g/mol. The molecule has 0 aromatic carbocycles. The second kappa shape index (κ2) is 12.4. The van der Waals surface area contributed by atoms with Gasteiger partial charge in [-0.1, -0.05) is 29.9 Å². The van der Waals surface area contributed by atoms with E-state index in [0.29, 0.717) is 6.42 Å². The highest BCUT2D eigenvalue weighted by Crippen LogP contribution is 2.43. The summed E-state index contributed by atoms with van der Waals surface area (Å²) in [5.41, 5.74) is 3.93.